The zero-order valence-electron chi connectivity index (χ0n) is 11.2. The normalized spacial score (nSPS) is 14.0. The molecular formula is C13H18ClN3O. The van der Waals surface area contributed by atoms with Gasteiger partial charge in [0.05, 0.1) is 22.5 Å². The molecule has 0 bridgehead atoms. The van der Waals surface area contributed by atoms with Gasteiger partial charge in [0.2, 0.25) is 0 Å². The van der Waals surface area contributed by atoms with Crippen molar-refractivity contribution in [1.29, 1.82) is 5.26 Å². The molecule has 0 saturated carbocycles. The molecule has 0 amide bonds. The van der Waals surface area contributed by atoms with Gasteiger partial charge in [-0.1, -0.05) is 18.5 Å². The van der Waals surface area contributed by atoms with Crippen molar-refractivity contribution in [1.82, 2.24) is 9.78 Å². The Labute approximate surface area is 113 Å². The lowest BCUT2D eigenvalue weighted by Gasteiger charge is -2.18. The number of carbonyl (C=O) groups is 1. The van der Waals surface area contributed by atoms with Crippen LogP contribution in [-0.2, 0) is 24.2 Å². The lowest BCUT2D eigenvalue weighted by Crippen LogP contribution is -2.27. The molecule has 1 atom stereocenters. The number of aryl methyl sites for hydroxylation is 2. The van der Waals surface area contributed by atoms with E-state index in [1.165, 1.54) is 6.92 Å². The second kappa shape index (κ2) is 5.53. The van der Waals surface area contributed by atoms with Crippen LogP contribution in [0.4, 0.5) is 0 Å². The van der Waals surface area contributed by atoms with Crippen molar-refractivity contribution in [3.8, 4) is 6.07 Å². The Kier molecular flexibility index (Phi) is 4.53. The van der Waals surface area contributed by atoms with Gasteiger partial charge in [-0.2, -0.15) is 10.4 Å². The van der Waals surface area contributed by atoms with Crippen LogP contribution >= 0.6 is 11.6 Å². The third-order valence-corrected chi connectivity index (χ3v) is 3.68. The fraction of sp³-hybridized carbons (Fsp3) is 0.615. The van der Waals surface area contributed by atoms with E-state index >= 15 is 0 Å². The summed E-state index contributed by atoms with van der Waals surface area (Å²) in [5, 5.41) is 14.2. The topological polar surface area (TPSA) is 58.7 Å². The number of hydrogen-bond acceptors (Lipinski definition) is 3. The smallest absolute Gasteiger partial charge is 0.150 e. The van der Waals surface area contributed by atoms with E-state index in [1.807, 2.05) is 13.8 Å². The summed E-state index contributed by atoms with van der Waals surface area (Å²) in [6.07, 6.45) is 1.04. The van der Waals surface area contributed by atoms with Gasteiger partial charge >= 0.3 is 0 Å². The standard InChI is InChI=1S/C13H18ClN3O/c1-5-10-12(14)11(17(6-2)16-10)7-13(4,8-15)9(3)18/h5-7H2,1-4H3. The van der Waals surface area contributed by atoms with E-state index in [0.717, 1.165) is 17.8 Å². The van der Waals surface area contributed by atoms with Gasteiger partial charge < -0.3 is 0 Å². The number of rotatable bonds is 5. The molecule has 1 rings (SSSR count). The van der Waals surface area contributed by atoms with Gasteiger partial charge in [0.15, 0.2) is 0 Å². The number of halogens is 1. The quantitative estimate of drug-likeness (QED) is 0.824. The number of Topliss-reactive ketones (excluding diaryl/α,β-unsaturated/α-hetero) is 1. The molecule has 0 N–H and O–H groups in total. The van der Waals surface area contributed by atoms with Crippen LogP contribution in [0.15, 0.2) is 0 Å². The number of ketones is 1. The average molecular weight is 268 g/mol. The second-order valence-corrected chi connectivity index (χ2v) is 4.93. The highest BCUT2D eigenvalue weighted by molar-refractivity contribution is 6.32. The summed E-state index contributed by atoms with van der Waals surface area (Å²) in [6.45, 7) is 7.69. The lowest BCUT2D eigenvalue weighted by molar-refractivity contribution is -0.123. The summed E-state index contributed by atoms with van der Waals surface area (Å²) in [7, 11) is 0. The molecule has 0 aliphatic rings. The van der Waals surface area contributed by atoms with Crippen LogP contribution in [0.3, 0.4) is 0 Å². The monoisotopic (exact) mass is 267 g/mol. The number of hydrogen-bond donors (Lipinski definition) is 0. The zero-order valence-corrected chi connectivity index (χ0v) is 12.0. The van der Waals surface area contributed by atoms with E-state index in [9.17, 15) is 10.1 Å². The van der Waals surface area contributed by atoms with Gasteiger partial charge in [-0.05, 0) is 27.2 Å². The van der Waals surface area contributed by atoms with E-state index in [4.69, 9.17) is 11.6 Å². The van der Waals surface area contributed by atoms with Crippen molar-refractivity contribution in [2.45, 2.75) is 47.1 Å². The minimum Gasteiger partial charge on any atom is -0.298 e. The fourth-order valence-electron chi connectivity index (χ4n) is 1.76. The van der Waals surface area contributed by atoms with E-state index in [-0.39, 0.29) is 5.78 Å². The van der Waals surface area contributed by atoms with Crippen molar-refractivity contribution < 1.29 is 4.79 Å². The Morgan fingerprint density at radius 1 is 1.56 bits per heavy atom. The molecule has 5 heteroatoms. The molecule has 1 unspecified atom stereocenters. The molecule has 1 aromatic heterocycles. The molecule has 0 saturated heterocycles. The van der Waals surface area contributed by atoms with Crippen molar-refractivity contribution in [3.05, 3.63) is 16.4 Å². The van der Waals surface area contributed by atoms with Crippen LogP contribution in [0.2, 0.25) is 5.02 Å². The molecule has 0 aliphatic carbocycles. The summed E-state index contributed by atoms with van der Waals surface area (Å²) in [6, 6.07) is 2.08. The molecule has 0 fully saturated rings. The van der Waals surface area contributed by atoms with Gasteiger partial charge in [0, 0.05) is 13.0 Å². The largest absolute Gasteiger partial charge is 0.298 e. The van der Waals surface area contributed by atoms with E-state index in [0.29, 0.717) is 18.0 Å². The molecule has 98 valence electrons. The lowest BCUT2D eigenvalue weighted by atomic mass is 9.83. The first-order chi connectivity index (χ1) is 8.39. The van der Waals surface area contributed by atoms with E-state index in [2.05, 4.69) is 11.2 Å². The maximum atomic E-state index is 11.6. The van der Waals surface area contributed by atoms with Crippen molar-refractivity contribution in [2.75, 3.05) is 0 Å². The Morgan fingerprint density at radius 3 is 2.56 bits per heavy atom. The van der Waals surface area contributed by atoms with Crippen LogP contribution in [0.5, 0.6) is 0 Å². The van der Waals surface area contributed by atoms with Gasteiger partial charge in [0.25, 0.3) is 0 Å². The molecule has 0 radical (unpaired) electrons. The summed E-state index contributed by atoms with van der Waals surface area (Å²) in [5.74, 6) is -0.150. The van der Waals surface area contributed by atoms with Crippen LogP contribution in [0.1, 0.15) is 39.1 Å². The SMILES string of the molecule is CCc1nn(CC)c(CC(C)(C#N)C(C)=O)c1Cl. The minimum absolute atomic E-state index is 0.150. The van der Waals surface area contributed by atoms with Gasteiger partial charge in [-0.15, -0.1) is 0 Å². The van der Waals surface area contributed by atoms with Crippen LogP contribution in [0, 0.1) is 16.7 Å². The van der Waals surface area contributed by atoms with Crippen molar-refractivity contribution >= 4 is 17.4 Å². The maximum absolute atomic E-state index is 11.6. The second-order valence-electron chi connectivity index (χ2n) is 4.55. The zero-order chi connectivity index (χ0) is 13.9. The first-order valence-corrected chi connectivity index (χ1v) is 6.43. The highest BCUT2D eigenvalue weighted by Gasteiger charge is 2.33. The summed E-state index contributed by atoms with van der Waals surface area (Å²) in [5.41, 5.74) is 0.550. The number of nitrogens with zero attached hydrogens (tertiary/aromatic N) is 3. The van der Waals surface area contributed by atoms with E-state index < -0.39 is 5.41 Å². The third-order valence-electron chi connectivity index (χ3n) is 3.24. The average Bonchev–Trinajstić information content (AvgIpc) is 2.65. The van der Waals surface area contributed by atoms with Crippen LogP contribution < -0.4 is 0 Å². The van der Waals surface area contributed by atoms with Crippen LogP contribution in [-0.4, -0.2) is 15.6 Å². The Balaban J connectivity index is 3.22. The fourth-order valence-corrected chi connectivity index (χ4v) is 2.10. The number of carbonyl (C=O) groups excluding carboxylic acids is 1. The van der Waals surface area contributed by atoms with Gasteiger partial charge in [0.1, 0.15) is 11.2 Å². The Bertz CT molecular complexity index is 501. The maximum Gasteiger partial charge on any atom is 0.150 e. The highest BCUT2D eigenvalue weighted by atomic mass is 35.5. The summed E-state index contributed by atoms with van der Waals surface area (Å²) in [4.78, 5) is 11.6. The predicted octanol–water partition coefficient (Wildman–Crippen LogP) is 2.78. The van der Waals surface area contributed by atoms with Crippen LogP contribution in [0.25, 0.3) is 0 Å². The molecule has 1 heterocycles. The molecule has 0 spiro atoms. The first-order valence-electron chi connectivity index (χ1n) is 6.06. The minimum atomic E-state index is -1.04. The molecule has 18 heavy (non-hydrogen) atoms. The molecule has 4 nitrogen and oxygen atoms in total. The molecule has 0 aliphatic heterocycles. The summed E-state index contributed by atoms with van der Waals surface area (Å²) >= 11 is 6.27. The van der Waals surface area contributed by atoms with Gasteiger partial charge in [-0.25, -0.2) is 0 Å². The van der Waals surface area contributed by atoms with Crippen molar-refractivity contribution in [3.63, 3.8) is 0 Å². The molecule has 1 aromatic rings. The molecule has 0 aromatic carbocycles. The van der Waals surface area contributed by atoms with E-state index in [1.54, 1.807) is 11.6 Å². The van der Waals surface area contributed by atoms with Crippen molar-refractivity contribution in [2.24, 2.45) is 5.41 Å². The number of nitriles is 1. The Morgan fingerprint density at radius 2 is 2.17 bits per heavy atom. The molecular weight excluding hydrogens is 250 g/mol. The predicted molar refractivity (Wildman–Crippen MR) is 70.4 cm³/mol. The van der Waals surface area contributed by atoms with Gasteiger partial charge in [-0.3, -0.25) is 9.48 Å². The highest BCUT2D eigenvalue weighted by Crippen LogP contribution is 2.29. The Hall–Kier alpha value is -1.34. The summed E-state index contributed by atoms with van der Waals surface area (Å²) < 4.78 is 1.78. The third kappa shape index (κ3) is 2.56. The first kappa shape index (κ1) is 14.7. The number of aromatic nitrogens is 2.